The molecule has 0 aliphatic carbocycles. The van der Waals surface area contributed by atoms with E-state index < -0.39 is 0 Å². The van der Waals surface area contributed by atoms with Crippen molar-refractivity contribution >= 4 is 17.7 Å². The molecule has 138 valence electrons. The number of piperazine rings is 1. The average molecular weight is 360 g/mol. The lowest BCUT2D eigenvalue weighted by Crippen LogP contribution is -2.50. The maximum Gasteiger partial charge on any atom is 0.254 e. The van der Waals surface area contributed by atoms with Crippen LogP contribution in [0.5, 0.6) is 0 Å². The smallest absolute Gasteiger partial charge is 0.254 e. The SMILES string of the molecule is Cc1cc(NC(=O)CN2CCN(C(=O)c3ccc(C)c(F)c3)CC2)on1. The quantitative estimate of drug-likeness (QED) is 0.900. The highest BCUT2D eigenvalue weighted by Crippen LogP contribution is 2.13. The molecule has 3 rings (SSSR count). The molecule has 26 heavy (non-hydrogen) atoms. The molecule has 0 bridgehead atoms. The molecule has 1 aromatic heterocycles. The van der Waals surface area contributed by atoms with Crippen molar-refractivity contribution in [1.82, 2.24) is 15.0 Å². The van der Waals surface area contributed by atoms with Crippen LogP contribution < -0.4 is 5.32 Å². The Balaban J connectivity index is 1.49. The number of rotatable bonds is 4. The van der Waals surface area contributed by atoms with Crippen LogP contribution >= 0.6 is 0 Å². The minimum atomic E-state index is -0.381. The third-order valence-electron chi connectivity index (χ3n) is 4.34. The standard InChI is InChI=1S/C18H21FN4O3/c1-12-3-4-14(10-15(12)19)18(25)23-7-5-22(6-8-23)11-16(24)20-17-9-13(2)21-26-17/h3-4,9-10H,5-8,11H2,1-2H3,(H,20,24). The van der Waals surface area contributed by atoms with E-state index in [1.54, 1.807) is 36.9 Å². The zero-order chi connectivity index (χ0) is 18.7. The van der Waals surface area contributed by atoms with Crippen LogP contribution in [0.4, 0.5) is 10.3 Å². The van der Waals surface area contributed by atoms with E-state index in [0.717, 1.165) is 0 Å². The van der Waals surface area contributed by atoms with Gasteiger partial charge in [-0.3, -0.25) is 19.8 Å². The van der Waals surface area contributed by atoms with Gasteiger partial charge < -0.3 is 9.42 Å². The number of amides is 2. The van der Waals surface area contributed by atoms with Gasteiger partial charge >= 0.3 is 0 Å². The van der Waals surface area contributed by atoms with Crippen molar-refractivity contribution in [2.75, 3.05) is 38.0 Å². The van der Waals surface area contributed by atoms with Gasteiger partial charge in [0.15, 0.2) is 0 Å². The lowest BCUT2D eigenvalue weighted by molar-refractivity contribution is -0.117. The second-order valence-electron chi connectivity index (χ2n) is 6.41. The van der Waals surface area contributed by atoms with Gasteiger partial charge in [0.25, 0.3) is 5.91 Å². The fourth-order valence-electron chi connectivity index (χ4n) is 2.82. The summed E-state index contributed by atoms with van der Waals surface area (Å²) in [6.07, 6.45) is 0. The van der Waals surface area contributed by atoms with Crippen LogP contribution in [-0.2, 0) is 4.79 Å². The zero-order valence-corrected chi connectivity index (χ0v) is 14.8. The summed E-state index contributed by atoms with van der Waals surface area (Å²) in [6, 6.07) is 6.17. The summed E-state index contributed by atoms with van der Waals surface area (Å²) in [7, 11) is 0. The topological polar surface area (TPSA) is 78.7 Å². The summed E-state index contributed by atoms with van der Waals surface area (Å²) in [5.41, 5.74) is 1.55. The Bertz CT molecular complexity index is 813. The normalized spacial score (nSPS) is 15.1. The summed E-state index contributed by atoms with van der Waals surface area (Å²) in [6.45, 7) is 5.77. The summed E-state index contributed by atoms with van der Waals surface area (Å²) >= 11 is 0. The fourth-order valence-corrected chi connectivity index (χ4v) is 2.82. The molecule has 2 heterocycles. The van der Waals surface area contributed by atoms with Gasteiger partial charge in [0, 0.05) is 37.8 Å². The van der Waals surface area contributed by atoms with Gasteiger partial charge in [-0.1, -0.05) is 11.2 Å². The fraction of sp³-hybridized carbons (Fsp3) is 0.389. The molecule has 1 aliphatic rings. The van der Waals surface area contributed by atoms with Gasteiger partial charge in [-0.15, -0.1) is 0 Å². The molecule has 1 N–H and O–H groups in total. The van der Waals surface area contributed by atoms with Crippen LogP contribution in [0.25, 0.3) is 0 Å². The number of nitrogens with zero attached hydrogens (tertiary/aromatic N) is 3. The highest BCUT2D eigenvalue weighted by atomic mass is 19.1. The number of carbonyl (C=O) groups is 2. The molecule has 0 unspecified atom stereocenters. The van der Waals surface area contributed by atoms with Crippen molar-refractivity contribution < 1.29 is 18.5 Å². The van der Waals surface area contributed by atoms with Gasteiger partial charge in [-0.2, -0.15) is 0 Å². The minimum Gasteiger partial charge on any atom is -0.338 e. The second-order valence-corrected chi connectivity index (χ2v) is 6.41. The predicted molar refractivity (Wildman–Crippen MR) is 93.4 cm³/mol. The number of carbonyl (C=O) groups excluding carboxylic acids is 2. The number of hydrogen-bond donors (Lipinski definition) is 1. The maximum atomic E-state index is 13.7. The first-order valence-electron chi connectivity index (χ1n) is 8.43. The van der Waals surface area contributed by atoms with Crippen molar-refractivity contribution in [3.63, 3.8) is 0 Å². The van der Waals surface area contributed by atoms with Crippen LogP contribution in [0.2, 0.25) is 0 Å². The van der Waals surface area contributed by atoms with Gasteiger partial charge in [0.05, 0.1) is 12.2 Å². The lowest BCUT2D eigenvalue weighted by atomic mass is 10.1. The number of aryl methyl sites for hydroxylation is 2. The Hall–Kier alpha value is -2.74. The van der Waals surface area contributed by atoms with E-state index in [9.17, 15) is 14.0 Å². The Labute approximate surface area is 150 Å². The van der Waals surface area contributed by atoms with E-state index >= 15 is 0 Å². The molecular weight excluding hydrogens is 339 g/mol. The van der Waals surface area contributed by atoms with Crippen molar-refractivity contribution in [3.8, 4) is 0 Å². The maximum absolute atomic E-state index is 13.7. The number of aromatic nitrogens is 1. The Morgan fingerprint density at radius 3 is 2.54 bits per heavy atom. The third kappa shape index (κ3) is 4.26. The van der Waals surface area contributed by atoms with Gasteiger partial charge in [0.2, 0.25) is 11.8 Å². The van der Waals surface area contributed by atoms with E-state index in [1.807, 2.05) is 4.90 Å². The van der Waals surface area contributed by atoms with E-state index in [-0.39, 0.29) is 24.2 Å². The molecule has 1 aliphatic heterocycles. The number of benzene rings is 1. The van der Waals surface area contributed by atoms with Crippen LogP contribution in [0.15, 0.2) is 28.8 Å². The monoisotopic (exact) mass is 360 g/mol. The minimum absolute atomic E-state index is 0.190. The van der Waals surface area contributed by atoms with Gasteiger partial charge in [-0.05, 0) is 31.5 Å². The molecule has 2 aromatic rings. The summed E-state index contributed by atoms with van der Waals surface area (Å²) in [4.78, 5) is 28.1. The Morgan fingerprint density at radius 2 is 1.92 bits per heavy atom. The molecule has 1 saturated heterocycles. The average Bonchev–Trinajstić information content (AvgIpc) is 3.02. The van der Waals surface area contributed by atoms with Crippen LogP contribution in [0.1, 0.15) is 21.6 Å². The first-order valence-corrected chi connectivity index (χ1v) is 8.43. The molecule has 0 atom stereocenters. The van der Waals surface area contributed by atoms with Crippen molar-refractivity contribution in [2.24, 2.45) is 0 Å². The first-order chi connectivity index (χ1) is 12.4. The van der Waals surface area contributed by atoms with E-state index in [2.05, 4.69) is 10.5 Å². The third-order valence-corrected chi connectivity index (χ3v) is 4.34. The van der Waals surface area contributed by atoms with E-state index in [1.165, 1.54) is 6.07 Å². The number of nitrogens with one attached hydrogen (secondary N) is 1. The number of halogens is 1. The molecule has 7 nitrogen and oxygen atoms in total. The second kappa shape index (κ2) is 7.65. The van der Waals surface area contributed by atoms with Gasteiger partial charge in [-0.25, -0.2) is 4.39 Å². The first kappa shape index (κ1) is 18.1. The largest absolute Gasteiger partial charge is 0.338 e. The number of anilines is 1. The summed E-state index contributed by atoms with van der Waals surface area (Å²) < 4.78 is 18.6. The predicted octanol–water partition coefficient (Wildman–Crippen LogP) is 1.83. The van der Waals surface area contributed by atoms with Crippen LogP contribution in [-0.4, -0.2) is 59.5 Å². The zero-order valence-electron chi connectivity index (χ0n) is 14.8. The molecule has 1 fully saturated rings. The lowest BCUT2D eigenvalue weighted by Gasteiger charge is -2.34. The molecule has 0 spiro atoms. The molecule has 0 radical (unpaired) electrons. The van der Waals surface area contributed by atoms with Crippen molar-refractivity contribution in [3.05, 3.63) is 46.9 Å². The highest BCUT2D eigenvalue weighted by Gasteiger charge is 2.24. The molecule has 0 saturated carbocycles. The Kier molecular flexibility index (Phi) is 5.32. The number of hydrogen-bond acceptors (Lipinski definition) is 5. The molecule has 8 heteroatoms. The highest BCUT2D eigenvalue weighted by molar-refractivity contribution is 5.94. The van der Waals surface area contributed by atoms with Crippen LogP contribution in [0.3, 0.4) is 0 Å². The summed E-state index contributed by atoms with van der Waals surface area (Å²) in [5, 5.41) is 6.36. The van der Waals surface area contributed by atoms with E-state index in [0.29, 0.717) is 48.9 Å². The van der Waals surface area contributed by atoms with Gasteiger partial charge in [0.1, 0.15) is 5.82 Å². The molecule has 2 amide bonds. The van der Waals surface area contributed by atoms with Crippen LogP contribution in [0, 0.1) is 19.7 Å². The van der Waals surface area contributed by atoms with Crippen molar-refractivity contribution in [2.45, 2.75) is 13.8 Å². The molecular formula is C18H21FN4O3. The molecule has 1 aromatic carbocycles. The Morgan fingerprint density at radius 1 is 1.19 bits per heavy atom. The van der Waals surface area contributed by atoms with Crippen molar-refractivity contribution in [1.29, 1.82) is 0 Å². The summed E-state index contributed by atoms with van der Waals surface area (Å²) in [5.74, 6) is -0.441. The van der Waals surface area contributed by atoms with E-state index in [4.69, 9.17) is 4.52 Å².